The molecule has 30 heavy (non-hydrogen) atoms. The van der Waals surface area contributed by atoms with Crippen LogP contribution >= 0.6 is 11.3 Å². The van der Waals surface area contributed by atoms with Gasteiger partial charge in [-0.25, -0.2) is 4.98 Å². The average Bonchev–Trinajstić information content (AvgIpc) is 3.43. The molecule has 10 nitrogen and oxygen atoms in total. The highest BCUT2D eigenvalue weighted by Gasteiger charge is 2.13. The number of nitro benzene ring substituents is 1. The van der Waals surface area contributed by atoms with Crippen molar-refractivity contribution in [2.24, 2.45) is 0 Å². The number of nitrogens with zero attached hydrogens (tertiary/aromatic N) is 5. The fraction of sp³-hybridized carbons (Fsp3) is 0.105. The van der Waals surface area contributed by atoms with E-state index in [0.29, 0.717) is 29.0 Å². The molecule has 3 aromatic heterocycles. The number of nitro groups is 1. The molecule has 1 aromatic carbocycles. The van der Waals surface area contributed by atoms with Gasteiger partial charge in [0.05, 0.1) is 10.6 Å². The Hall–Kier alpha value is -3.99. The molecule has 0 radical (unpaired) electrons. The van der Waals surface area contributed by atoms with Crippen molar-refractivity contribution >= 4 is 28.1 Å². The number of rotatable bonds is 7. The Labute approximate surface area is 173 Å². The van der Waals surface area contributed by atoms with Gasteiger partial charge in [-0.2, -0.15) is 4.98 Å². The van der Waals surface area contributed by atoms with Crippen LogP contribution in [0.2, 0.25) is 0 Å². The van der Waals surface area contributed by atoms with Crippen LogP contribution in [0.3, 0.4) is 0 Å². The summed E-state index contributed by atoms with van der Waals surface area (Å²) in [5.41, 5.74) is 2.10. The SMILES string of the molecule is O=C(CCc1nc(-c2cccnc2)no1)Nc1nc(-c2ccc([N+](=O)[O-])cc2)cs1. The van der Waals surface area contributed by atoms with E-state index in [-0.39, 0.29) is 18.0 Å². The van der Waals surface area contributed by atoms with Crippen molar-refractivity contribution in [2.75, 3.05) is 5.32 Å². The number of carbonyl (C=O) groups is 1. The zero-order chi connectivity index (χ0) is 20.9. The van der Waals surface area contributed by atoms with Crippen LogP contribution in [0.15, 0.2) is 58.7 Å². The van der Waals surface area contributed by atoms with Crippen LogP contribution in [0.1, 0.15) is 12.3 Å². The maximum absolute atomic E-state index is 12.2. The Balaban J connectivity index is 1.33. The van der Waals surface area contributed by atoms with Crippen LogP contribution in [0.4, 0.5) is 10.8 Å². The molecule has 0 spiro atoms. The highest BCUT2D eigenvalue weighted by atomic mass is 32.1. The van der Waals surface area contributed by atoms with Gasteiger partial charge in [-0.3, -0.25) is 19.9 Å². The number of non-ortho nitro benzene ring substituents is 1. The lowest BCUT2D eigenvalue weighted by atomic mass is 10.1. The Kier molecular flexibility index (Phi) is 5.52. The van der Waals surface area contributed by atoms with E-state index in [1.807, 2.05) is 6.07 Å². The fourth-order valence-corrected chi connectivity index (χ4v) is 3.32. The van der Waals surface area contributed by atoms with Crippen LogP contribution in [-0.4, -0.2) is 30.9 Å². The maximum Gasteiger partial charge on any atom is 0.269 e. The Bertz CT molecular complexity index is 1170. The van der Waals surface area contributed by atoms with Crippen molar-refractivity contribution in [1.29, 1.82) is 0 Å². The Morgan fingerprint density at radius 1 is 1.17 bits per heavy atom. The minimum atomic E-state index is -0.459. The molecule has 150 valence electrons. The third kappa shape index (κ3) is 4.52. The normalized spacial score (nSPS) is 10.7. The highest BCUT2D eigenvalue weighted by molar-refractivity contribution is 7.14. The van der Waals surface area contributed by atoms with Crippen molar-refractivity contribution < 1.29 is 14.2 Å². The van der Waals surface area contributed by atoms with Crippen molar-refractivity contribution in [3.8, 4) is 22.6 Å². The Morgan fingerprint density at radius 3 is 2.73 bits per heavy atom. The van der Waals surface area contributed by atoms with Gasteiger partial charge in [0, 0.05) is 53.9 Å². The van der Waals surface area contributed by atoms with Gasteiger partial charge in [0.1, 0.15) is 0 Å². The lowest BCUT2D eigenvalue weighted by Crippen LogP contribution is -2.12. The minimum absolute atomic E-state index is 0.00946. The van der Waals surface area contributed by atoms with E-state index in [4.69, 9.17) is 4.52 Å². The first-order valence-electron chi connectivity index (χ1n) is 8.82. The molecule has 0 fully saturated rings. The Morgan fingerprint density at radius 2 is 2.00 bits per heavy atom. The zero-order valence-corrected chi connectivity index (χ0v) is 16.2. The van der Waals surface area contributed by atoms with Crippen LogP contribution in [0.25, 0.3) is 22.6 Å². The minimum Gasteiger partial charge on any atom is -0.339 e. The molecular weight excluding hydrogens is 408 g/mol. The van der Waals surface area contributed by atoms with Crippen LogP contribution in [0, 0.1) is 10.1 Å². The van der Waals surface area contributed by atoms with Crippen LogP contribution < -0.4 is 5.32 Å². The van der Waals surface area contributed by atoms with E-state index in [9.17, 15) is 14.9 Å². The van der Waals surface area contributed by atoms with E-state index >= 15 is 0 Å². The number of nitrogens with one attached hydrogen (secondary N) is 1. The van der Waals surface area contributed by atoms with Crippen molar-refractivity contribution in [1.82, 2.24) is 20.1 Å². The number of aryl methyl sites for hydroxylation is 1. The van der Waals surface area contributed by atoms with Gasteiger partial charge in [-0.1, -0.05) is 5.16 Å². The first-order valence-corrected chi connectivity index (χ1v) is 9.69. The predicted molar refractivity (Wildman–Crippen MR) is 109 cm³/mol. The summed E-state index contributed by atoms with van der Waals surface area (Å²) >= 11 is 1.27. The summed E-state index contributed by atoms with van der Waals surface area (Å²) in [6.45, 7) is 0. The largest absolute Gasteiger partial charge is 0.339 e. The number of aromatic nitrogens is 4. The topological polar surface area (TPSA) is 137 Å². The summed E-state index contributed by atoms with van der Waals surface area (Å²) in [5, 5.41) is 19.6. The maximum atomic E-state index is 12.2. The number of carbonyl (C=O) groups excluding carboxylic acids is 1. The molecule has 3 heterocycles. The smallest absolute Gasteiger partial charge is 0.269 e. The zero-order valence-electron chi connectivity index (χ0n) is 15.4. The lowest BCUT2D eigenvalue weighted by Gasteiger charge is -1.99. The van der Waals surface area contributed by atoms with E-state index in [1.165, 1.54) is 23.5 Å². The summed E-state index contributed by atoms with van der Waals surface area (Å²) in [6.07, 6.45) is 3.73. The van der Waals surface area contributed by atoms with Gasteiger partial charge in [0.2, 0.25) is 17.6 Å². The number of thiazole rings is 1. The van der Waals surface area contributed by atoms with Gasteiger partial charge in [-0.15, -0.1) is 11.3 Å². The molecule has 0 aliphatic rings. The second-order valence-electron chi connectivity index (χ2n) is 6.14. The molecule has 1 N–H and O–H groups in total. The van der Waals surface area contributed by atoms with Gasteiger partial charge >= 0.3 is 0 Å². The predicted octanol–water partition coefficient (Wildman–Crippen LogP) is 3.73. The third-order valence-electron chi connectivity index (χ3n) is 4.08. The first kappa shape index (κ1) is 19.3. The molecule has 0 saturated heterocycles. The number of pyridine rings is 1. The molecule has 1 amide bonds. The van der Waals surface area contributed by atoms with E-state index < -0.39 is 4.92 Å². The number of anilines is 1. The second kappa shape index (κ2) is 8.57. The third-order valence-corrected chi connectivity index (χ3v) is 4.84. The molecule has 0 aliphatic carbocycles. The number of hydrogen-bond donors (Lipinski definition) is 1. The number of benzene rings is 1. The molecule has 4 aromatic rings. The summed E-state index contributed by atoms with van der Waals surface area (Å²) in [7, 11) is 0. The summed E-state index contributed by atoms with van der Waals surface area (Å²) in [4.78, 5) is 35.1. The van der Waals surface area contributed by atoms with Gasteiger partial charge in [0.15, 0.2) is 5.13 Å². The molecule has 11 heteroatoms. The average molecular weight is 422 g/mol. The molecule has 0 unspecified atom stereocenters. The van der Waals surface area contributed by atoms with Gasteiger partial charge in [-0.05, 0) is 24.3 Å². The number of amides is 1. The second-order valence-corrected chi connectivity index (χ2v) is 7.00. The summed E-state index contributed by atoms with van der Waals surface area (Å²) in [6, 6.07) is 9.66. The quantitative estimate of drug-likeness (QED) is 0.351. The van der Waals surface area contributed by atoms with Crippen molar-refractivity contribution in [2.45, 2.75) is 12.8 Å². The van der Waals surface area contributed by atoms with Crippen LogP contribution in [-0.2, 0) is 11.2 Å². The van der Waals surface area contributed by atoms with Crippen molar-refractivity contribution in [3.05, 3.63) is 70.2 Å². The van der Waals surface area contributed by atoms with Crippen molar-refractivity contribution in [3.63, 3.8) is 0 Å². The molecule has 0 aliphatic heterocycles. The highest BCUT2D eigenvalue weighted by Crippen LogP contribution is 2.26. The van der Waals surface area contributed by atoms with E-state index in [2.05, 4.69) is 25.4 Å². The molecule has 0 bridgehead atoms. The van der Waals surface area contributed by atoms with E-state index in [0.717, 1.165) is 11.1 Å². The van der Waals surface area contributed by atoms with E-state index in [1.54, 1.807) is 36.0 Å². The van der Waals surface area contributed by atoms with Gasteiger partial charge < -0.3 is 9.84 Å². The first-order chi connectivity index (χ1) is 14.6. The fourth-order valence-electron chi connectivity index (χ4n) is 2.59. The molecule has 0 saturated carbocycles. The lowest BCUT2D eigenvalue weighted by molar-refractivity contribution is -0.384. The monoisotopic (exact) mass is 422 g/mol. The van der Waals surface area contributed by atoms with Crippen LogP contribution in [0.5, 0.6) is 0 Å². The molecule has 0 atom stereocenters. The number of hydrogen-bond acceptors (Lipinski definition) is 9. The molecular formula is C19H14N6O4S. The van der Waals surface area contributed by atoms with Gasteiger partial charge in [0.25, 0.3) is 5.69 Å². The summed E-state index contributed by atoms with van der Waals surface area (Å²) in [5.74, 6) is 0.543. The molecule has 4 rings (SSSR count). The standard InChI is InChI=1S/C19H14N6O4S/c26-16(7-8-17-23-18(24-29-17)13-2-1-9-20-10-13)22-19-21-15(11-30-19)12-3-5-14(6-4-12)25(27)28/h1-6,9-11H,7-8H2,(H,21,22,26). The summed E-state index contributed by atoms with van der Waals surface area (Å²) < 4.78 is 5.18.